The molecule has 0 aliphatic carbocycles. The van der Waals surface area contributed by atoms with Crippen LogP contribution in [0.5, 0.6) is 0 Å². The van der Waals surface area contributed by atoms with Crippen LogP contribution in [0.15, 0.2) is 22.7 Å². The highest BCUT2D eigenvalue weighted by Crippen LogP contribution is 2.39. The fourth-order valence-electron chi connectivity index (χ4n) is 1.80. The minimum atomic E-state index is 1.03. The van der Waals surface area contributed by atoms with Gasteiger partial charge in [0.25, 0.3) is 0 Å². The third-order valence-electron chi connectivity index (χ3n) is 2.65. The van der Waals surface area contributed by atoms with Gasteiger partial charge in [-0.25, -0.2) is 4.98 Å². The van der Waals surface area contributed by atoms with Gasteiger partial charge in [-0.1, -0.05) is 15.9 Å². The minimum absolute atomic E-state index is 1.03. The zero-order valence-corrected chi connectivity index (χ0v) is 13.0. The van der Waals surface area contributed by atoms with Crippen LogP contribution in [-0.2, 0) is 0 Å². The maximum Gasteiger partial charge on any atom is 0.129 e. The molecule has 6 heteroatoms. The highest BCUT2D eigenvalue weighted by Gasteiger charge is 2.16. The number of hydrogen-bond acceptors (Lipinski definition) is 5. The van der Waals surface area contributed by atoms with Crippen LogP contribution in [0, 0.1) is 6.92 Å². The molecule has 0 aliphatic rings. The molecular formula is C12H10BrN3S2. The van der Waals surface area contributed by atoms with Gasteiger partial charge in [0, 0.05) is 11.5 Å². The first-order valence-corrected chi connectivity index (χ1v) is 7.78. The van der Waals surface area contributed by atoms with Crippen molar-refractivity contribution in [1.29, 1.82) is 0 Å². The lowest BCUT2D eigenvalue weighted by Crippen LogP contribution is -1.87. The summed E-state index contributed by atoms with van der Waals surface area (Å²) >= 11 is 6.66. The predicted octanol–water partition coefficient (Wildman–Crippen LogP) is 4.53. The van der Waals surface area contributed by atoms with E-state index >= 15 is 0 Å². The molecule has 0 aliphatic heterocycles. The maximum absolute atomic E-state index is 4.70. The van der Waals surface area contributed by atoms with Gasteiger partial charge in [0.2, 0.25) is 0 Å². The summed E-state index contributed by atoms with van der Waals surface area (Å²) in [6.45, 7) is 2.02. The van der Waals surface area contributed by atoms with Crippen molar-refractivity contribution in [3.8, 4) is 10.6 Å². The Balaban J connectivity index is 2.22. The number of benzene rings is 1. The summed E-state index contributed by atoms with van der Waals surface area (Å²) in [4.78, 5) is 4.70. The number of anilines is 1. The second kappa shape index (κ2) is 4.60. The van der Waals surface area contributed by atoms with E-state index in [-0.39, 0.29) is 0 Å². The first-order chi connectivity index (χ1) is 8.69. The molecule has 0 unspecified atom stereocenters. The second-order valence-corrected chi connectivity index (χ2v) is 6.57. The van der Waals surface area contributed by atoms with E-state index in [1.54, 1.807) is 11.3 Å². The van der Waals surface area contributed by atoms with E-state index in [0.29, 0.717) is 0 Å². The third kappa shape index (κ3) is 1.94. The summed E-state index contributed by atoms with van der Waals surface area (Å²) in [7, 11) is 1.92. The van der Waals surface area contributed by atoms with E-state index < -0.39 is 0 Å². The predicted molar refractivity (Wildman–Crippen MR) is 82.7 cm³/mol. The Hall–Kier alpha value is -0.980. The second-order valence-electron chi connectivity index (χ2n) is 3.85. The number of halogens is 1. The number of aromatic nitrogens is 2. The summed E-state index contributed by atoms with van der Waals surface area (Å²) in [5, 5.41) is 5.29. The monoisotopic (exact) mass is 339 g/mol. The molecule has 0 saturated carbocycles. The van der Waals surface area contributed by atoms with Crippen LogP contribution in [0.25, 0.3) is 20.8 Å². The van der Waals surface area contributed by atoms with Crippen molar-refractivity contribution in [2.45, 2.75) is 6.92 Å². The van der Waals surface area contributed by atoms with E-state index in [1.807, 2.05) is 26.1 Å². The molecule has 3 aromatic rings. The normalized spacial score (nSPS) is 11.1. The van der Waals surface area contributed by atoms with Gasteiger partial charge >= 0.3 is 0 Å². The Labute approximate surface area is 121 Å². The van der Waals surface area contributed by atoms with Gasteiger partial charge < -0.3 is 5.32 Å². The Morgan fingerprint density at radius 2 is 2.17 bits per heavy atom. The van der Waals surface area contributed by atoms with Crippen molar-refractivity contribution in [2.24, 2.45) is 0 Å². The summed E-state index contributed by atoms with van der Waals surface area (Å²) in [5.41, 5.74) is 3.18. The van der Waals surface area contributed by atoms with E-state index in [9.17, 15) is 0 Å². The van der Waals surface area contributed by atoms with E-state index in [1.165, 1.54) is 16.2 Å². The summed E-state index contributed by atoms with van der Waals surface area (Å²) < 4.78 is 6.64. The standard InChI is InChI=1S/C12H10BrN3S2/c1-6-10(11(14-2)18-16-6)12-15-8-5-7(13)3-4-9(8)17-12/h3-5,14H,1-2H3. The molecule has 3 nitrogen and oxygen atoms in total. The van der Waals surface area contributed by atoms with Gasteiger partial charge in [-0.2, -0.15) is 4.37 Å². The minimum Gasteiger partial charge on any atom is -0.378 e. The van der Waals surface area contributed by atoms with Crippen LogP contribution < -0.4 is 5.32 Å². The molecule has 3 rings (SSSR count). The molecule has 2 heterocycles. The molecule has 92 valence electrons. The quantitative estimate of drug-likeness (QED) is 0.745. The molecule has 1 N–H and O–H groups in total. The van der Waals surface area contributed by atoms with Crippen molar-refractivity contribution >= 4 is 54.0 Å². The van der Waals surface area contributed by atoms with Crippen LogP contribution in [0.3, 0.4) is 0 Å². The van der Waals surface area contributed by atoms with Crippen LogP contribution in [0.2, 0.25) is 0 Å². The van der Waals surface area contributed by atoms with Crippen LogP contribution >= 0.6 is 38.8 Å². The highest BCUT2D eigenvalue weighted by molar-refractivity contribution is 9.10. The van der Waals surface area contributed by atoms with Gasteiger partial charge in [0.15, 0.2) is 0 Å². The SMILES string of the molecule is CNc1snc(C)c1-c1nc2cc(Br)ccc2s1. The molecule has 0 amide bonds. The van der Waals surface area contributed by atoms with Crippen molar-refractivity contribution in [3.63, 3.8) is 0 Å². The van der Waals surface area contributed by atoms with Crippen LogP contribution in [0.4, 0.5) is 5.00 Å². The van der Waals surface area contributed by atoms with Gasteiger partial charge in [-0.3, -0.25) is 0 Å². The Kier molecular flexibility index (Phi) is 3.09. The van der Waals surface area contributed by atoms with Crippen molar-refractivity contribution in [3.05, 3.63) is 28.4 Å². The smallest absolute Gasteiger partial charge is 0.129 e. The molecule has 0 bridgehead atoms. The van der Waals surface area contributed by atoms with E-state index in [4.69, 9.17) is 4.98 Å². The third-order valence-corrected chi connectivity index (χ3v) is 5.16. The Bertz CT molecular complexity index is 717. The number of hydrogen-bond donors (Lipinski definition) is 1. The van der Waals surface area contributed by atoms with Gasteiger partial charge in [-0.15, -0.1) is 11.3 Å². The van der Waals surface area contributed by atoms with Crippen molar-refractivity contribution in [1.82, 2.24) is 9.36 Å². The number of nitrogens with one attached hydrogen (secondary N) is 1. The largest absolute Gasteiger partial charge is 0.378 e. The Morgan fingerprint density at radius 3 is 2.94 bits per heavy atom. The Morgan fingerprint density at radius 1 is 1.33 bits per heavy atom. The van der Waals surface area contributed by atoms with Crippen LogP contribution in [-0.4, -0.2) is 16.4 Å². The molecule has 0 fully saturated rings. The number of thiazole rings is 1. The molecule has 0 radical (unpaired) electrons. The number of nitrogens with zero attached hydrogens (tertiary/aromatic N) is 2. The molecule has 2 aromatic heterocycles. The van der Waals surface area contributed by atoms with Gasteiger partial charge in [0.1, 0.15) is 10.0 Å². The van der Waals surface area contributed by atoms with Gasteiger partial charge in [-0.05, 0) is 36.7 Å². The first kappa shape index (κ1) is 12.1. The number of aryl methyl sites for hydroxylation is 1. The van der Waals surface area contributed by atoms with Crippen molar-refractivity contribution in [2.75, 3.05) is 12.4 Å². The fourth-order valence-corrected chi connectivity index (χ4v) is 4.01. The molecular weight excluding hydrogens is 330 g/mol. The lowest BCUT2D eigenvalue weighted by Gasteiger charge is -1.98. The van der Waals surface area contributed by atoms with Gasteiger partial charge in [0.05, 0.1) is 21.5 Å². The maximum atomic E-state index is 4.70. The lowest BCUT2D eigenvalue weighted by molar-refractivity contribution is 1.33. The zero-order chi connectivity index (χ0) is 12.7. The summed E-state index contributed by atoms with van der Waals surface area (Å²) in [5.74, 6) is 0. The summed E-state index contributed by atoms with van der Waals surface area (Å²) in [6, 6.07) is 6.18. The zero-order valence-electron chi connectivity index (χ0n) is 9.82. The topological polar surface area (TPSA) is 37.8 Å². The molecule has 0 atom stereocenters. The van der Waals surface area contributed by atoms with E-state index in [2.05, 4.69) is 31.7 Å². The fraction of sp³-hybridized carbons (Fsp3) is 0.167. The van der Waals surface area contributed by atoms with E-state index in [0.717, 1.165) is 31.3 Å². The average Bonchev–Trinajstić information content (AvgIpc) is 2.91. The summed E-state index contributed by atoms with van der Waals surface area (Å²) in [6.07, 6.45) is 0. The highest BCUT2D eigenvalue weighted by atomic mass is 79.9. The average molecular weight is 340 g/mol. The van der Waals surface area contributed by atoms with Crippen LogP contribution in [0.1, 0.15) is 5.69 Å². The number of rotatable bonds is 2. The molecule has 0 saturated heterocycles. The molecule has 0 spiro atoms. The molecule has 18 heavy (non-hydrogen) atoms. The lowest BCUT2D eigenvalue weighted by atomic mass is 10.2. The number of fused-ring (bicyclic) bond motifs is 1. The first-order valence-electron chi connectivity index (χ1n) is 5.39. The van der Waals surface area contributed by atoms with Crippen molar-refractivity contribution < 1.29 is 0 Å². The molecule has 1 aromatic carbocycles.